The summed E-state index contributed by atoms with van der Waals surface area (Å²) in [6, 6.07) is 22.4. The van der Waals surface area contributed by atoms with Crippen molar-refractivity contribution in [2.45, 2.75) is 70.7 Å². The van der Waals surface area contributed by atoms with Crippen molar-refractivity contribution in [1.82, 2.24) is 0 Å². The molecule has 15 heteroatoms. The number of ether oxygens (including phenoxy) is 3. The molecule has 1 radical (unpaired) electrons. The highest BCUT2D eigenvalue weighted by atomic mass is 32.2. The number of thioether (sulfide) groups is 2. The Morgan fingerprint density at radius 2 is 1.26 bits per heavy atom. The Bertz CT molecular complexity index is 1790. The van der Waals surface area contributed by atoms with E-state index in [1.807, 2.05) is 54.6 Å². The molecule has 307 valence electrons. The number of phosphoric acid groups is 1. The molecule has 1 aliphatic heterocycles. The highest BCUT2D eigenvalue weighted by molar-refractivity contribution is 8.14. The van der Waals surface area contributed by atoms with E-state index >= 15 is 4.39 Å². The summed E-state index contributed by atoms with van der Waals surface area (Å²) in [5, 5.41) is 9.14. The number of hydrogen-bond donors (Lipinski definition) is 1. The largest absolute Gasteiger partial charge is 0.497 e. The van der Waals surface area contributed by atoms with E-state index in [1.54, 1.807) is 87.3 Å². The molecule has 0 bridgehead atoms. The van der Waals surface area contributed by atoms with Crippen molar-refractivity contribution in [3.05, 3.63) is 95.6 Å². The third-order valence-electron chi connectivity index (χ3n) is 9.21. The molecule has 4 rings (SSSR count). The first-order chi connectivity index (χ1) is 26.9. The molecule has 57 heavy (non-hydrogen) atoms. The van der Waals surface area contributed by atoms with Gasteiger partial charge in [0.25, 0.3) is 0 Å². The number of carbonyl (C=O) groups is 2. The summed E-state index contributed by atoms with van der Waals surface area (Å²) in [7, 11) is 0.0461. The molecule has 0 amide bonds. The highest BCUT2D eigenvalue weighted by Gasteiger charge is 2.62. The lowest BCUT2D eigenvalue weighted by Crippen LogP contribution is -2.52. The monoisotopic (exact) mass is 841 g/mol. The summed E-state index contributed by atoms with van der Waals surface area (Å²) in [5.74, 6) is 3.58. The smallest absolute Gasteiger partial charge is 0.475 e. The topological polar surface area (TPSA) is 127 Å². The Morgan fingerprint density at radius 3 is 1.65 bits per heavy atom. The summed E-state index contributed by atoms with van der Waals surface area (Å²) < 4.78 is 66.8. The zero-order valence-electron chi connectivity index (χ0n) is 33.7. The van der Waals surface area contributed by atoms with Crippen LogP contribution in [0.2, 0.25) is 0 Å². The number of alkyl halides is 1. The first kappa shape index (κ1) is 46.6. The zero-order chi connectivity index (χ0) is 42.1. The van der Waals surface area contributed by atoms with Gasteiger partial charge in [-0.05, 0) is 41.0 Å². The van der Waals surface area contributed by atoms with Gasteiger partial charge in [-0.3, -0.25) is 23.2 Å². The van der Waals surface area contributed by atoms with Crippen molar-refractivity contribution < 1.29 is 51.4 Å². The molecule has 0 unspecified atom stereocenters. The van der Waals surface area contributed by atoms with Gasteiger partial charge in [0.05, 0.1) is 40.0 Å². The molecule has 3 aromatic rings. The second-order valence-corrected chi connectivity index (χ2v) is 19.2. The van der Waals surface area contributed by atoms with E-state index in [-0.39, 0.29) is 35.0 Å². The molecular weight excluding hydrogens is 789 g/mol. The standard InChI is InChI=1S/C42H52BFO10PS2/c1-10-41(44)35(54-55(48,51-24-26-56-37(46)39(2,3)4)52-25-27-57-38(47)40(5,6)7)34(28-45)53-36(41)43-42(29-14-12-11-13-15-29,30-16-20-32(49-8)21-17-30)31-18-22-33(50-9)23-19-31/h1,11-23,34-36,45H,24-28H2,2-9H3/t34-,35-,36-,41-/m1/s1. The fourth-order valence-corrected chi connectivity index (χ4v) is 9.27. The average Bonchev–Trinajstić information content (AvgIpc) is 3.45. The minimum atomic E-state index is -4.70. The third-order valence-corrected chi connectivity index (χ3v) is 13.2. The molecule has 0 saturated carbocycles. The van der Waals surface area contributed by atoms with Crippen LogP contribution in [0.5, 0.6) is 11.5 Å². The molecule has 0 aliphatic carbocycles. The van der Waals surface area contributed by atoms with Gasteiger partial charge in [-0.2, -0.15) is 0 Å². The van der Waals surface area contributed by atoms with Crippen LogP contribution in [0.1, 0.15) is 58.2 Å². The van der Waals surface area contributed by atoms with Crippen LogP contribution in [-0.4, -0.2) is 92.0 Å². The number of aliphatic hydroxyl groups excluding tert-OH is 1. The quantitative estimate of drug-likeness (QED) is 0.0440. The predicted octanol–water partition coefficient (Wildman–Crippen LogP) is 7.90. The van der Waals surface area contributed by atoms with Gasteiger partial charge in [-0.25, -0.2) is 8.96 Å². The van der Waals surface area contributed by atoms with Crippen molar-refractivity contribution in [3.63, 3.8) is 0 Å². The number of terminal acetylenes is 1. The van der Waals surface area contributed by atoms with E-state index in [9.17, 15) is 19.3 Å². The summed E-state index contributed by atoms with van der Waals surface area (Å²) in [6.45, 7) is 9.33. The SMILES string of the molecule is C#C[C@]1(F)[C@H]([B]C(c2ccccc2)(c2ccc(OC)cc2)c2ccc(OC)cc2)O[C@H](CO)[C@H]1OP(=O)(OCCSC(=O)C(C)(C)C)OCCSC(=O)C(C)(C)C. The van der Waals surface area contributed by atoms with Gasteiger partial charge in [0, 0.05) is 27.7 Å². The molecule has 1 saturated heterocycles. The summed E-state index contributed by atoms with van der Waals surface area (Å²) in [6.07, 6.45) is 2.73. The first-order valence-electron chi connectivity index (χ1n) is 18.4. The van der Waals surface area contributed by atoms with Crippen LogP contribution in [0.15, 0.2) is 78.9 Å². The number of phosphoric ester groups is 1. The van der Waals surface area contributed by atoms with Gasteiger partial charge < -0.3 is 19.3 Å². The average molecular weight is 842 g/mol. The van der Waals surface area contributed by atoms with Crippen LogP contribution >= 0.6 is 31.3 Å². The van der Waals surface area contributed by atoms with Crippen molar-refractivity contribution in [3.8, 4) is 23.8 Å². The number of carbonyl (C=O) groups excluding carboxylic acids is 2. The fourth-order valence-electron chi connectivity index (χ4n) is 6.06. The molecule has 0 aromatic heterocycles. The van der Waals surface area contributed by atoms with Gasteiger partial charge in [-0.15, -0.1) is 6.42 Å². The zero-order valence-corrected chi connectivity index (χ0v) is 36.2. The summed E-state index contributed by atoms with van der Waals surface area (Å²) >= 11 is 1.96. The Labute approximate surface area is 345 Å². The van der Waals surface area contributed by atoms with Gasteiger partial charge in [0.15, 0.2) is 17.5 Å². The lowest BCUT2D eigenvalue weighted by atomic mass is 9.40. The fraction of sp³-hybridized carbons (Fsp3) is 0.476. The minimum Gasteiger partial charge on any atom is -0.497 e. The van der Waals surface area contributed by atoms with Crippen molar-refractivity contribution in [1.29, 1.82) is 0 Å². The van der Waals surface area contributed by atoms with Crippen LogP contribution in [0.25, 0.3) is 0 Å². The highest BCUT2D eigenvalue weighted by Crippen LogP contribution is 2.55. The number of methoxy groups -OCH3 is 2. The van der Waals surface area contributed by atoms with Gasteiger partial charge in [0.2, 0.25) is 5.67 Å². The molecule has 3 aromatic carbocycles. The van der Waals surface area contributed by atoms with Crippen LogP contribution in [0.3, 0.4) is 0 Å². The third kappa shape index (κ3) is 11.3. The number of aliphatic hydroxyl groups is 1. The molecular formula is C42H52BFO10PS2. The van der Waals surface area contributed by atoms with E-state index in [4.69, 9.17) is 34.2 Å². The number of benzene rings is 3. The maximum absolute atomic E-state index is 17.9. The minimum absolute atomic E-state index is 0.0876. The number of rotatable bonds is 18. The molecule has 0 spiro atoms. The van der Waals surface area contributed by atoms with E-state index in [2.05, 4.69) is 5.92 Å². The predicted molar refractivity (Wildman–Crippen MR) is 225 cm³/mol. The Morgan fingerprint density at radius 1 is 0.825 bits per heavy atom. The van der Waals surface area contributed by atoms with Crippen LogP contribution in [-0.2, 0) is 37.8 Å². The number of hydrogen-bond acceptors (Lipinski definition) is 12. The van der Waals surface area contributed by atoms with Crippen LogP contribution < -0.4 is 9.47 Å². The van der Waals surface area contributed by atoms with Crippen LogP contribution in [0.4, 0.5) is 4.39 Å². The molecule has 1 fully saturated rings. The van der Waals surface area contributed by atoms with Gasteiger partial charge >= 0.3 is 7.82 Å². The Balaban J connectivity index is 1.75. The molecule has 1 N–H and O–H groups in total. The summed E-state index contributed by atoms with van der Waals surface area (Å²) in [5.41, 5.74) is -1.97. The second kappa shape index (κ2) is 19.8. The second-order valence-electron chi connectivity index (χ2n) is 15.4. The maximum Gasteiger partial charge on any atom is 0.475 e. The Kier molecular flexibility index (Phi) is 16.1. The van der Waals surface area contributed by atoms with Crippen molar-refractivity contribution in [2.24, 2.45) is 10.8 Å². The van der Waals surface area contributed by atoms with E-state index in [1.165, 1.54) is 0 Å². The van der Waals surface area contributed by atoms with Crippen molar-refractivity contribution in [2.75, 3.05) is 45.5 Å². The van der Waals surface area contributed by atoms with E-state index < -0.39 is 54.5 Å². The molecule has 1 aliphatic rings. The van der Waals surface area contributed by atoms with Gasteiger partial charge in [-0.1, -0.05) is 126 Å². The van der Waals surface area contributed by atoms with Crippen molar-refractivity contribution >= 4 is 48.9 Å². The van der Waals surface area contributed by atoms with E-state index in [0.29, 0.717) is 22.6 Å². The molecule has 10 nitrogen and oxygen atoms in total. The molecule has 4 atom stereocenters. The Hall–Kier alpha value is -3.12. The van der Waals surface area contributed by atoms with E-state index in [0.717, 1.165) is 29.1 Å². The molecule has 1 heterocycles. The normalized spacial score (nSPS) is 20.1. The maximum atomic E-state index is 17.9. The lowest BCUT2D eigenvalue weighted by Gasteiger charge is -2.39. The first-order valence-corrected chi connectivity index (χ1v) is 21.9. The number of halogens is 1. The lowest BCUT2D eigenvalue weighted by molar-refractivity contribution is -0.118. The summed E-state index contributed by atoms with van der Waals surface area (Å²) in [4.78, 5) is 25.1. The van der Waals surface area contributed by atoms with Crippen LogP contribution in [0, 0.1) is 23.2 Å². The van der Waals surface area contributed by atoms with Gasteiger partial charge in [0.1, 0.15) is 23.7 Å².